The van der Waals surface area contributed by atoms with Gasteiger partial charge in [-0.2, -0.15) is 0 Å². The van der Waals surface area contributed by atoms with Crippen molar-refractivity contribution in [2.45, 2.75) is 6.54 Å². The van der Waals surface area contributed by atoms with Gasteiger partial charge in [0.25, 0.3) is 0 Å². The van der Waals surface area contributed by atoms with Crippen molar-refractivity contribution in [2.75, 3.05) is 0 Å². The second-order valence-electron chi connectivity index (χ2n) is 3.51. The fourth-order valence-electron chi connectivity index (χ4n) is 1.43. The summed E-state index contributed by atoms with van der Waals surface area (Å²) in [5.41, 5.74) is -1.62. The predicted octanol–water partition coefficient (Wildman–Crippen LogP) is -0.112. The van der Waals surface area contributed by atoms with E-state index in [0.717, 1.165) is 16.3 Å². The number of pyridine rings is 1. The van der Waals surface area contributed by atoms with Crippen molar-refractivity contribution in [3.63, 3.8) is 0 Å². The minimum Gasteiger partial charge on any atom is -0.289 e. The van der Waals surface area contributed by atoms with Gasteiger partial charge in [0.1, 0.15) is 0 Å². The molecule has 0 saturated carbocycles. The van der Waals surface area contributed by atoms with E-state index in [1.165, 1.54) is 0 Å². The molecule has 2 aromatic heterocycles. The number of rotatable bonds is 3. The van der Waals surface area contributed by atoms with E-state index in [4.69, 9.17) is 0 Å². The third-order valence-electron chi connectivity index (χ3n) is 2.29. The number of nitro groups is 1. The molecule has 0 aromatic carbocycles. The molecule has 2 heterocycles. The van der Waals surface area contributed by atoms with Gasteiger partial charge < -0.3 is 0 Å². The van der Waals surface area contributed by atoms with E-state index >= 15 is 0 Å². The van der Waals surface area contributed by atoms with Crippen LogP contribution < -0.4 is 11.2 Å². The predicted molar refractivity (Wildman–Crippen MR) is 61.3 cm³/mol. The first-order chi connectivity index (χ1) is 8.58. The summed E-state index contributed by atoms with van der Waals surface area (Å²) in [4.78, 5) is 38.1. The Hall–Kier alpha value is -2.77. The van der Waals surface area contributed by atoms with Gasteiger partial charge >= 0.3 is 16.9 Å². The second-order valence-corrected chi connectivity index (χ2v) is 3.51. The minimum absolute atomic E-state index is 0.124. The summed E-state index contributed by atoms with van der Waals surface area (Å²) in [6.45, 7) is 0.124. The minimum atomic E-state index is -1.00. The molecule has 0 aliphatic carbocycles. The summed E-state index contributed by atoms with van der Waals surface area (Å²) >= 11 is 0. The SMILES string of the molecule is O=c1[nH]c(=O)n(Cc2ccncc2)cc1[N+](=O)[O-]. The van der Waals surface area contributed by atoms with Crippen LogP contribution in [0.1, 0.15) is 5.56 Å². The third kappa shape index (κ3) is 2.32. The maximum absolute atomic E-state index is 11.5. The van der Waals surface area contributed by atoms with Crippen molar-refractivity contribution in [3.8, 4) is 0 Å². The van der Waals surface area contributed by atoms with E-state index in [2.05, 4.69) is 4.98 Å². The topological polar surface area (TPSA) is 111 Å². The highest BCUT2D eigenvalue weighted by Gasteiger charge is 2.14. The maximum atomic E-state index is 11.5. The van der Waals surface area contributed by atoms with E-state index in [0.29, 0.717) is 0 Å². The smallest absolute Gasteiger partial charge is 0.289 e. The van der Waals surface area contributed by atoms with Crippen molar-refractivity contribution in [2.24, 2.45) is 0 Å². The summed E-state index contributed by atoms with van der Waals surface area (Å²) in [5, 5.41) is 10.6. The number of hydrogen-bond acceptors (Lipinski definition) is 5. The van der Waals surface area contributed by atoms with E-state index < -0.39 is 21.9 Å². The molecule has 8 heteroatoms. The molecule has 0 unspecified atom stereocenters. The maximum Gasteiger partial charge on any atom is 0.350 e. The number of aromatic amines is 1. The van der Waals surface area contributed by atoms with Crippen molar-refractivity contribution < 1.29 is 4.92 Å². The Balaban J connectivity index is 2.46. The molecule has 0 fully saturated rings. The van der Waals surface area contributed by atoms with Crippen LogP contribution in [0.15, 0.2) is 40.3 Å². The molecule has 0 atom stereocenters. The Morgan fingerprint density at radius 3 is 2.61 bits per heavy atom. The van der Waals surface area contributed by atoms with Crippen molar-refractivity contribution in [1.29, 1.82) is 0 Å². The first kappa shape index (κ1) is 11.7. The summed E-state index contributed by atoms with van der Waals surface area (Å²) in [7, 11) is 0. The summed E-state index contributed by atoms with van der Waals surface area (Å²) in [5.74, 6) is 0. The van der Waals surface area contributed by atoms with Crippen LogP contribution in [-0.4, -0.2) is 19.5 Å². The van der Waals surface area contributed by atoms with Crippen LogP contribution in [0.2, 0.25) is 0 Å². The van der Waals surface area contributed by atoms with Crippen LogP contribution in [0.25, 0.3) is 0 Å². The molecule has 0 bridgehead atoms. The zero-order valence-electron chi connectivity index (χ0n) is 9.07. The van der Waals surface area contributed by atoms with Gasteiger partial charge in [-0.1, -0.05) is 0 Å². The fourth-order valence-corrected chi connectivity index (χ4v) is 1.43. The number of nitrogens with one attached hydrogen (secondary N) is 1. The van der Waals surface area contributed by atoms with Crippen LogP contribution in [0, 0.1) is 10.1 Å². The molecular formula is C10H8N4O4. The van der Waals surface area contributed by atoms with Gasteiger partial charge in [-0.3, -0.25) is 29.4 Å². The Bertz CT molecular complexity index is 689. The van der Waals surface area contributed by atoms with Crippen LogP contribution in [0.3, 0.4) is 0 Å². The lowest BCUT2D eigenvalue weighted by Gasteiger charge is -2.04. The number of aromatic nitrogens is 3. The molecule has 0 aliphatic heterocycles. The molecule has 0 amide bonds. The molecular weight excluding hydrogens is 240 g/mol. The lowest BCUT2D eigenvalue weighted by Crippen LogP contribution is -2.31. The average molecular weight is 248 g/mol. The summed E-state index contributed by atoms with van der Waals surface area (Å²) in [6, 6.07) is 3.34. The fraction of sp³-hybridized carbons (Fsp3) is 0.100. The van der Waals surface area contributed by atoms with Crippen molar-refractivity contribution in [1.82, 2.24) is 14.5 Å². The highest BCUT2D eigenvalue weighted by Crippen LogP contribution is 2.02. The van der Waals surface area contributed by atoms with E-state index in [9.17, 15) is 19.7 Å². The summed E-state index contributed by atoms with van der Waals surface area (Å²) < 4.78 is 1.06. The van der Waals surface area contributed by atoms with Gasteiger partial charge in [-0.15, -0.1) is 0 Å². The lowest BCUT2D eigenvalue weighted by atomic mass is 10.3. The molecule has 1 N–H and O–H groups in total. The zero-order chi connectivity index (χ0) is 13.1. The first-order valence-corrected chi connectivity index (χ1v) is 4.95. The molecule has 2 aromatic rings. The highest BCUT2D eigenvalue weighted by molar-refractivity contribution is 5.21. The molecule has 0 spiro atoms. The molecule has 92 valence electrons. The van der Waals surface area contributed by atoms with Gasteiger partial charge in [0.2, 0.25) is 0 Å². The first-order valence-electron chi connectivity index (χ1n) is 4.95. The third-order valence-corrected chi connectivity index (χ3v) is 2.29. The summed E-state index contributed by atoms with van der Waals surface area (Å²) in [6.07, 6.45) is 4.02. The van der Waals surface area contributed by atoms with E-state index in [1.807, 2.05) is 4.98 Å². The normalized spacial score (nSPS) is 10.2. The molecule has 2 rings (SSSR count). The van der Waals surface area contributed by atoms with Gasteiger partial charge in [0, 0.05) is 12.4 Å². The second kappa shape index (κ2) is 4.62. The van der Waals surface area contributed by atoms with Gasteiger partial charge in [-0.25, -0.2) is 4.79 Å². The van der Waals surface area contributed by atoms with Gasteiger partial charge in [0.15, 0.2) is 0 Å². The monoisotopic (exact) mass is 248 g/mol. The Labute approximate surface area is 99.7 Å². The Morgan fingerprint density at radius 2 is 2.00 bits per heavy atom. The zero-order valence-corrected chi connectivity index (χ0v) is 9.07. The van der Waals surface area contributed by atoms with Crippen LogP contribution >= 0.6 is 0 Å². The molecule has 0 aliphatic rings. The molecule has 0 saturated heterocycles. The van der Waals surface area contributed by atoms with Crippen LogP contribution in [0.4, 0.5) is 5.69 Å². The number of nitrogens with zero attached hydrogens (tertiary/aromatic N) is 3. The molecule has 0 radical (unpaired) electrons. The standard InChI is InChI=1S/C10H8N4O4/c15-9-8(14(17)18)6-13(10(16)12-9)5-7-1-3-11-4-2-7/h1-4,6H,5H2,(H,12,15,16). The van der Waals surface area contributed by atoms with Crippen LogP contribution in [0.5, 0.6) is 0 Å². The highest BCUT2D eigenvalue weighted by atomic mass is 16.6. The largest absolute Gasteiger partial charge is 0.350 e. The van der Waals surface area contributed by atoms with Crippen LogP contribution in [-0.2, 0) is 6.54 Å². The Kier molecular flexibility index (Phi) is 3.00. The lowest BCUT2D eigenvalue weighted by molar-refractivity contribution is -0.386. The quantitative estimate of drug-likeness (QED) is 0.601. The van der Waals surface area contributed by atoms with Crippen molar-refractivity contribution in [3.05, 3.63) is 67.2 Å². The number of H-pyrrole nitrogens is 1. The molecule has 8 nitrogen and oxygen atoms in total. The molecule has 18 heavy (non-hydrogen) atoms. The van der Waals surface area contributed by atoms with E-state index in [-0.39, 0.29) is 6.54 Å². The average Bonchev–Trinajstić information content (AvgIpc) is 2.33. The van der Waals surface area contributed by atoms with Crippen molar-refractivity contribution >= 4 is 5.69 Å². The Morgan fingerprint density at radius 1 is 1.33 bits per heavy atom. The van der Waals surface area contributed by atoms with Gasteiger partial charge in [0.05, 0.1) is 17.7 Å². The van der Waals surface area contributed by atoms with Gasteiger partial charge in [-0.05, 0) is 17.7 Å². The number of hydrogen-bond donors (Lipinski definition) is 1. The van der Waals surface area contributed by atoms with E-state index in [1.54, 1.807) is 24.5 Å².